The summed E-state index contributed by atoms with van der Waals surface area (Å²) in [7, 11) is 0. The zero-order valence-corrected chi connectivity index (χ0v) is 10.9. The van der Waals surface area contributed by atoms with Gasteiger partial charge >= 0.3 is 0 Å². The van der Waals surface area contributed by atoms with Crippen LogP contribution in [0, 0.1) is 11.7 Å². The monoisotopic (exact) mass is 269 g/mol. The minimum absolute atomic E-state index is 0.0410. The Balaban J connectivity index is 1.92. The highest BCUT2D eigenvalue weighted by Gasteiger charge is 2.17. The molecule has 1 amide bonds. The van der Waals surface area contributed by atoms with Crippen LogP contribution >= 0.6 is 12.6 Å². The van der Waals surface area contributed by atoms with Crippen LogP contribution in [0.5, 0.6) is 0 Å². The molecule has 1 N–H and O–H groups in total. The molecule has 98 valence electrons. The topological polar surface area (TPSA) is 38.3 Å². The second-order valence-corrected chi connectivity index (χ2v) is 4.97. The second kappa shape index (κ2) is 6.20. The van der Waals surface area contributed by atoms with Crippen LogP contribution in [0.2, 0.25) is 0 Å². The zero-order valence-electron chi connectivity index (χ0n) is 9.99. The van der Waals surface area contributed by atoms with Gasteiger partial charge in [-0.25, -0.2) is 4.39 Å². The van der Waals surface area contributed by atoms with E-state index in [1.54, 1.807) is 0 Å². The Labute approximate surface area is 111 Å². The fraction of sp³-hybridized carbons (Fsp3) is 0.462. The van der Waals surface area contributed by atoms with Crippen LogP contribution in [0.25, 0.3) is 0 Å². The number of halogens is 1. The number of hydrogen-bond acceptors (Lipinski definition) is 3. The average Bonchev–Trinajstić information content (AvgIpc) is 2.40. The van der Waals surface area contributed by atoms with Gasteiger partial charge in [-0.15, -0.1) is 12.6 Å². The minimum atomic E-state index is -0.523. The normalized spacial score (nSPS) is 19.6. The van der Waals surface area contributed by atoms with Crippen molar-refractivity contribution in [2.75, 3.05) is 19.8 Å². The summed E-state index contributed by atoms with van der Waals surface area (Å²) in [6.45, 7) is 1.98. The maximum absolute atomic E-state index is 13.5. The molecule has 1 unspecified atom stereocenters. The summed E-state index contributed by atoms with van der Waals surface area (Å²) < 4.78 is 18.8. The van der Waals surface area contributed by atoms with E-state index in [0.29, 0.717) is 24.0 Å². The molecule has 0 radical (unpaired) electrons. The van der Waals surface area contributed by atoms with Crippen LogP contribution in [-0.4, -0.2) is 25.7 Å². The molecule has 18 heavy (non-hydrogen) atoms. The van der Waals surface area contributed by atoms with Gasteiger partial charge in [-0.1, -0.05) is 0 Å². The predicted molar refractivity (Wildman–Crippen MR) is 69.5 cm³/mol. The molecular formula is C13H16FNO2S. The summed E-state index contributed by atoms with van der Waals surface area (Å²) in [5.74, 6) is -0.593. The highest BCUT2D eigenvalue weighted by Crippen LogP contribution is 2.15. The second-order valence-electron chi connectivity index (χ2n) is 4.46. The quantitative estimate of drug-likeness (QED) is 0.826. The van der Waals surface area contributed by atoms with Crippen LogP contribution in [0.15, 0.2) is 23.1 Å². The lowest BCUT2D eigenvalue weighted by molar-refractivity contribution is 0.0536. The van der Waals surface area contributed by atoms with Crippen molar-refractivity contribution < 1.29 is 13.9 Å². The van der Waals surface area contributed by atoms with Gasteiger partial charge < -0.3 is 10.1 Å². The van der Waals surface area contributed by atoms with Gasteiger partial charge in [-0.3, -0.25) is 4.79 Å². The lowest BCUT2D eigenvalue weighted by atomic mass is 10.0. The van der Waals surface area contributed by atoms with E-state index in [9.17, 15) is 9.18 Å². The predicted octanol–water partition coefficient (Wildman–Crippen LogP) is 2.27. The highest BCUT2D eigenvalue weighted by atomic mass is 32.1. The number of nitrogens with one attached hydrogen (secondary N) is 1. The van der Waals surface area contributed by atoms with Gasteiger partial charge in [0.2, 0.25) is 0 Å². The lowest BCUT2D eigenvalue weighted by Gasteiger charge is -2.22. The average molecular weight is 269 g/mol. The van der Waals surface area contributed by atoms with E-state index in [2.05, 4.69) is 17.9 Å². The maximum Gasteiger partial charge on any atom is 0.254 e. The molecule has 1 aromatic carbocycles. The van der Waals surface area contributed by atoms with Crippen LogP contribution in [0.4, 0.5) is 4.39 Å². The molecule has 2 rings (SSSR count). The van der Waals surface area contributed by atoms with Crippen molar-refractivity contribution in [1.29, 1.82) is 0 Å². The standard InChI is InChI=1S/C13H16FNO2S/c14-12-4-3-10(18)6-11(12)13(16)15-7-9-2-1-5-17-8-9/h3-4,6,9,18H,1-2,5,7-8H2,(H,15,16). The first-order chi connectivity index (χ1) is 8.66. The van der Waals surface area contributed by atoms with E-state index < -0.39 is 11.7 Å². The van der Waals surface area contributed by atoms with E-state index in [1.165, 1.54) is 18.2 Å². The maximum atomic E-state index is 13.5. The summed E-state index contributed by atoms with van der Waals surface area (Å²) >= 11 is 4.10. The fourth-order valence-corrected chi connectivity index (χ4v) is 2.19. The minimum Gasteiger partial charge on any atom is -0.381 e. The van der Waals surface area contributed by atoms with Crippen molar-refractivity contribution in [1.82, 2.24) is 5.32 Å². The molecule has 3 nitrogen and oxygen atoms in total. The van der Waals surface area contributed by atoms with Crippen molar-refractivity contribution in [3.63, 3.8) is 0 Å². The molecule has 1 aliphatic rings. The Bertz CT molecular complexity index is 433. The number of carbonyl (C=O) groups excluding carboxylic acids is 1. The van der Waals surface area contributed by atoms with Crippen molar-refractivity contribution in [2.45, 2.75) is 17.7 Å². The van der Waals surface area contributed by atoms with Gasteiger partial charge in [0.1, 0.15) is 5.82 Å². The third kappa shape index (κ3) is 3.46. The molecule has 1 heterocycles. The van der Waals surface area contributed by atoms with Crippen molar-refractivity contribution >= 4 is 18.5 Å². The number of ether oxygens (including phenoxy) is 1. The molecular weight excluding hydrogens is 253 g/mol. The molecule has 0 aromatic heterocycles. The number of rotatable bonds is 3. The number of amides is 1. The smallest absolute Gasteiger partial charge is 0.254 e. The molecule has 1 fully saturated rings. The fourth-order valence-electron chi connectivity index (χ4n) is 1.99. The van der Waals surface area contributed by atoms with Crippen molar-refractivity contribution in [3.8, 4) is 0 Å². The number of hydrogen-bond donors (Lipinski definition) is 2. The molecule has 0 spiro atoms. The van der Waals surface area contributed by atoms with Gasteiger partial charge in [0, 0.05) is 18.0 Å². The van der Waals surface area contributed by atoms with E-state index in [4.69, 9.17) is 4.74 Å². The summed E-state index contributed by atoms with van der Waals surface area (Å²) in [5.41, 5.74) is 0.0410. The number of thiol groups is 1. The molecule has 0 aliphatic carbocycles. The first-order valence-corrected chi connectivity index (χ1v) is 6.46. The Hall–Kier alpha value is -1.07. The molecule has 1 aliphatic heterocycles. The molecule has 1 saturated heterocycles. The van der Waals surface area contributed by atoms with Crippen molar-refractivity contribution in [3.05, 3.63) is 29.6 Å². The largest absolute Gasteiger partial charge is 0.381 e. The van der Waals surface area contributed by atoms with E-state index >= 15 is 0 Å². The Morgan fingerprint density at radius 2 is 2.39 bits per heavy atom. The van der Waals surface area contributed by atoms with Gasteiger partial charge in [-0.05, 0) is 37.0 Å². The SMILES string of the molecule is O=C(NCC1CCCOC1)c1cc(S)ccc1F. The zero-order chi connectivity index (χ0) is 13.0. The van der Waals surface area contributed by atoms with Crippen LogP contribution in [-0.2, 0) is 4.74 Å². The molecule has 5 heteroatoms. The van der Waals surface area contributed by atoms with Gasteiger partial charge in [0.15, 0.2) is 0 Å². The van der Waals surface area contributed by atoms with Crippen LogP contribution in [0.3, 0.4) is 0 Å². The lowest BCUT2D eigenvalue weighted by Crippen LogP contribution is -2.33. The number of carbonyl (C=O) groups is 1. The highest BCUT2D eigenvalue weighted by molar-refractivity contribution is 7.80. The van der Waals surface area contributed by atoms with E-state index in [1.807, 2.05) is 0 Å². The Morgan fingerprint density at radius 1 is 1.56 bits per heavy atom. The first kappa shape index (κ1) is 13.4. The summed E-state index contributed by atoms with van der Waals surface area (Å²) in [4.78, 5) is 12.4. The summed E-state index contributed by atoms with van der Waals surface area (Å²) in [5, 5.41) is 2.74. The van der Waals surface area contributed by atoms with Gasteiger partial charge in [-0.2, -0.15) is 0 Å². The molecule has 0 saturated carbocycles. The summed E-state index contributed by atoms with van der Waals surface area (Å²) in [6.07, 6.45) is 2.05. The van der Waals surface area contributed by atoms with Crippen LogP contribution < -0.4 is 5.32 Å². The third-order valence-corrected chi connectivity index (χ3v) is 3.28. The number of benzene rings is 1. The van der Waals surface area contributed by atoms with Gasteiger partial charge in [0.25, 0.3) is 5.91 Å². The van der Waals surface area contributed by atoms with Gasteiger partial charge in [0.05, 0.1) is 12.2 Å². The van der Waals surface area contributed by atoms with E-state index in [-0.39, 0.29) is 5.56 Å². The van der Waals surface area contributed by atoms with Crippen LogP contribution in [0.1, 0.15) is 23.2 Å². The Morgan fingerprint density at radius 3 is 3.11 bits per heavy atom. The first-order valence-electron chi connectivity index (χ1n) is 6.01. The third-order valence-electron chi connectivity index (χ3n) is 3.00. The molecule has 1 atom stereocenters. The Kier molecular flexibility index (Phi) is 4.60. The molecule has 0 bridgehead atoms. The van der Waals surface area contributed by atoms with E-state index in [0.717, 1.165) is 19.4 Å². The van der Waals surface area contributed by atoms with Crippen molar-refractivity contribution in [2.24, 2.45) is 5.92 Å². The summed E-state index contributed by atoms with van der Waals surface area (Å²) in [6, 6.07) is 4.20. The molecule has 1 aromatic rings.